The minimum atomic E-state index is -0.0538. The summed E-state index contributed by atoms with van der Waals surface area (Å²) in [7, 11) is 1.87. The zero-order valence-corrected chi connectivity index (χ0v) is 10.8. The van der Waals surface area contributed by atoms with Gasteiger partial charge in [0.25, 0.3) is 5.91 Å². The molecule has 1 aromatic rings. The summed E-state index contributed by atoms with van der Waals surface area (Å²) in [6, 6.07) is 3.19. The predicted molar refractivity (Wildman–Crippen MR) is 66.3 cm³/mol. The third kappa shape index (κ3) is 2.03. The first kappa shape index (κ1) is 11.7. The first-order chi connectivity index (χ1) is 8.63. The number of amides is 1. The molecule has 1 aromatic heterocycles. The summed E-state index contributed by atoms with van der Waals surface area (Å²) in [5.74, 6) is 0.294. The van der Waals surface area contributed by atoms with E-state index in [1.807, 2.05) is 18.9 Å². The summed E-state index contributed by atoms with van der Waals surface area (Å²) in [5, 5.41) is 7.36. The Labute approximate surface area is 107 Å². The van der Waals surface area contributed by atoms with Crippen LogP contribution in [0.5, 0.6) is 0 Å². The second-order valence-electron chi connectivity index (χ2n) is 5.51. The molecule has 1 N–H and O–H groups in total. The highest BCUT2D eigenvalue weighted by Crippen LogP contribution is 2.29. The molecule has 0 aromatic carbocycles. The molecule has 1 amide bonds. The average molecular weight is 249 g/mol. The number of carbonyl (C=O) groups excluding carboxylic acids is 1. The van der Waals surface area contributed by atoms with Crippen molar-refractivity contribution >= 4 is 5.91 Å². The van der Waals surface area contributed by atoms with E-state index >= 15 is 0 Å². The van der Waals surface area contributed by atoms with Crippen LogP contribution in [0.3, 0.4) is 0 Å². The molecule has 2 atom stereocenters. The van der Waals surface area contributed by atoms with Gasteiger partial charge in [-0.2, -0.15) is 0 Å². The molecule has 2 aliphatic heterocycles. The first-order valence-electron chi connectivity index (χ1n) is 6.60. The van der Waals surface area contributed by atoms with E-state index in [2.05, 4.69) is 10.5 Å². The van der Waals surface area contributed by atoms with Crippen LogP contribution in [0.2, 0.25) is 0 Å². The number of aryl methyl sites for hydroxylation is 1. The van der Waals surface area contributed by atoms with E-state index in [1.165, 1.54) is 12.8 Å². The fourth-order valence-electron chi connectivity index (χ4n) is 3.15. The summed E-state index contributed by atoms with van der Waals surface area (Å²) in [4.78, 5) is 14.1. The summed E-state index contributed by atoms with van der Waals surface area (Å²) in [6.07, 6.45) is 4.58. The lowest BCUT2D eigenvalue weighted by Gasteiger charge is -2.35. The van der Waals surface area contributed by atoms with Crippen LogP contribution < -0.4 is 5.32 Å². The van der Waals surface area contributed by atoms with Gasteiger partial charge in [-0.1, -0.05) is 5.16 Å². The van der Waals surface area contributed by atoms with E-state index in [4.69, 9.17) is 4.52 Å². The minimum absolute atomic E-state index is 0.0538. The summed E-state index contributed by atoms with van der Waals surface area (Å²) < 4.78 is 5.05. The minimum Gasteiger partial charge on any atom is -0.351 e. The van der Waals surface area contributed by atoms with E-state index in [1.54, 1.807) is 6.07 Å². The van der Waals surface area contributed by atoms with E-state index in [9.17, 15) is 4.79 Å². The van der Waals surface area contributed by atoms with Crippen LogP contribution in [0.15, 0.2) is 10.6 Å². The van der Waals surface area contributed by atoms with Gasteiger partial charge in [0.1, 0.15) is 0 Å². The van der Waals surface area contributed by atoms with Crippen molar-refractivity contribution in [3.8, 4) is 0 Å². The van der Waals surface area contributed by atoms with Crippen LogP contribution in [0, 0.1) is 6.92 Å². The monoisotopic (exact) mass is 249 g/mol. The van der Waals surface area contributed by atoms with Crippen LogP contribution in [0.1, 0.15) is 41.9 Å². The highest BCUT2D eigenvalue weighted by molar-refractivity contribution is 5.91. The smallest absolute Gasteiger partial charge is 0.292 e. The lowest BCUT2D eigenvalue weighted by atomic mass is 9.98. The van der Waals surface area contributed by atoms with Crippen LogP contribution in [0.4, 0.5) is 0 Å². The van der Waals surface area contributed by atoms with Gasteiger partial charge in [0.05, 0.1) is 5.69 Å². The quantitative estimate of drug-likeness (QED) is 0.859. The average Bonchev–Trinajstić information content (AvgIpc) is 2.94. The molecule has 98 valence electrons. The number of piperidine rings is 1. The van der Waals surface area contributed by atoms with Gasteiger partial charge in [-0.05, 0) is 32.6 Å². The van der Waals surface area contributed by atoms with E-state index in [-0.39, 0.29) is 5.91 Å². The molecule has 0 aliphatic carbocycles. The SMILES string of the molecule is Cc1cc(C(=O)N(C)C2CC3CCC(C2)N3)on1. The van der Waals surface area contributed by atoms with Gasteiger partial charge >= 0.3 is 0 Å². The summed E-state index contributed by atoms with van der Waals surface area (Å²) in [5.41, 5.74) is 0.747. The van der Waals surface area contributed by atoms with Crippen LogP contribution in [-0.4, -0.2) is 41.1 Å². The second-order valence-corrected chi connectivity index (χ2v) is 5.51. The maximum absolute atomic E-state index is 12.3. The number of hydrogen-bond donors (Lipinski definition) is 1. The number of fused-ring (bicyclic) bond motifs is 2. The molecule has 3 heterocycles. The zero-order valence-electron chi connectivity index (χ0n) is 10.8. The van der Waals surface area contributed by atoms with Crippen LogP contribution in [-0.2, 0) is 0 Å². The molecule has 3 rings (SSSR count). The first-order valence-corrected chi connectivity index (χ1v) is 6.60. The molecule has 2 bridgehead atoms. The van der Waals surface area contributed by atoms with Crippen molar-refractivity contribution in [2.24, 2.45) is 0 Å². The molecule has 2 fully saturated rings. The molecule has 5 heteroatoms. The van der Waals surface area contributed by atoms with E-state index in [0.29, 0.717) is 23.9 Å². The molecule has 0 saturated carbocycles. The van der Waals surface area contributed by atoms with Gasteiger partial charge in [0.15, 0.2) is 0 Å². The number of nitrogens with zero attached hydrogens (tertiary/aromatic N) is 2. The number of hydrogen-bond acceptors (Lipinski definition) is 4. The van der Waals surface area contributed by atoms with Crippen molar-refractivity contribution in [3.63, 3.8) is 0 Å². The summed E-state index contributed by atoms with van der Waals surface area (Å²) in [6.45, 7) is 1.82. The van der Waals surface area contributed by atoms with E-state index < -0.39 is 0 Å². The van der Waals surface area contributed by atoms with Crippen molar-refractivity contribution in [1.82, 2.24) is 15.4 Å². The molecule has 2 aliphatic rings. The molecule has 5 nitrogen and oxygen atoms in total. The lowest BCUT2D eigenvalue weighted by molar-refractivity contribution is 0.0640. The fourth-order valence-corrected chi connectivity index (χ4v) is 3.15. The summed E-state index contributed by atoms with van der Waals surface area (Å²) >= 11 is 0. The Morgan fingerprint density at radius 2 is 2.11 bits per heavy atom. The van der Waals surface area contributed by atoms with Gasteiger partial charge in [0.2, 0.25) is 5.76 Å². The standard InChI is InChI=1S/C13H19N3O2/c1-8-5-12(18-15-8)13(17)16(2)11-6-9-3-4-10(7-11)14-9/h5,9-11,14H,3-4,6-7H2,1-2H3. The van der Waals surface area contributed by atoms with Gasteiger partial charge < -0.3 is 14.7 Å². The van der Waals surface area contributed by atoms with Gasteiger partial charge in [0, 0.05) is 31.2 Å². The molecular weight excluding hydrogens is 230 g/mol. The Hall–Kier alpha value is -1.36. The third-order valence-electron chi connectivity index (χ3n) is 4.16. The molecule has 2 saturated heterocycles. The van der Waals surface area contributed by atoms with Gasteiger partial charge in [-0.15, -0.1) is 0 Å². The topological polar surface area (TPSA) is 58.4 Å². The fraction of sp³-hybridized carbons (Fsp3) is 0.692. The molecule has 2 unspecified atom stereocenters. The molecule has 0 radical (unpaired) electrons. The van der Waals surface area contributed by atoms with Crippen LogP contribution >= 0.6 is 0 Å². The van der Waals surface area contributed by atoms with Gasteiger partial charge in [-0.3, -0.25) is 4.79 Å². The maximum atomic E-state index is 12.3. The number of rotatable bonds is 2. The molecular formula is C13H19N3O2. The largest absolute Gasteiger partial charge is 0.351 e. The van der Waals surface area contributed by atoms with Crippen molar-refractivity contribution in [2.45, 2.75) is 50.7 Å². The Morgan fingerprint density at radius 1 is 1.44 bits per heavy atom. The van der Waals surface area contributed by atoms with Crippen LogP contribution in [0.25, 0.3) is 0 Å². The lowest BCUT2D eigenvalue weighted by Crippen LogP contribution is -2.48. The Kier molecular flexibility index (Phi) is 2.86. The maximum Gasteiger partial charge on any atom is 0.292 e. The Bertz CT molecular complexity index is 445. The van der Waals surface area contributed by atoms with Crippen molar-refractivity contribution in [2.75, 3.05) is 7.05 Å². The predicted octanol–water partition coefficient (Wildman–Crippen LogP) is 1.34. The second kappa shape index (κ2) is 4.39. The Morgan fingerprint density at radius 3 is 2.67 bits per heavy atom. The third-order valence-corrected chi connectivity index (χ3v) is 4.16. The normalized spacial score (nSPS) is 30.4. The number of nitrogens with one attached hydrogen (secondary N) is 1. The zero-order chi connectivity index (χ0) is 12.7. The van der Waals surface area contributed by atoms with E-state index in [0.717, 1.165) is 18.5 Å². The molecule has 18 heavy (non-hydrogen) atoms. The molecule has 0 spiro atoms. The van der Waals surface area contributed by atoms with Gasteiger partial charge in [-0.25, -0.2) is 0 Å². The van der Waals surface area contributed by atoms with Crippen molar-refractivity contribution in [1.29, 1.82) is 0 Å². The highest BCUT2D eigenvalue weighted by Gasteiger charge is 2.37. The van der Waals surface area contributed by atoms with Crippen molar-refractivity contribution in [3.05, 3.63) is 17.5 Å². The Balaban J connectivity index is 1.70. The highest BCUT2D eigenvalue weighted by atomic mass is 16.5. The number of carbonyl (C=O) groups is 1. The van der Waals surface area contributed by atoms with Crippen molar-refractivity contribution < 1.29 is 9.32 Å². The number of aromatic nitrogens is 1.